The minimum Gasteiger partial charge on any atom is -0.481 e. The van der Waals surface area contributed by atoms with Gasteiger partial charge in [-0.3, -0.25) is 0 Å². The summed E-state index contributed by atoms with van der Waals surface area (Å²) in [6, 6.07) is 6.24. The van der Waals surface area contributed by atoms with Crippen LogP contribution in [0.3, 0.4) is 0 Å². The van der Waals surface area contributed by atoms with E-state index in [4.69, 9.17) is 5.14 Å². The Hall–Kier alpha value is -2.13. The molecule has 0 aliphatic heterocycles. The van der Waals surface area contributed by atoms with Gasteiger partial charge < -0.3 is 4.74 Å². The third-order valence-electron chi connectivity index (χ3n) is 2.85. The van der Waals surface area contributed by atoms with Crippen LogP contribution in [0.25, 0.3) is 11.1 Å². The SMILES string of the molecule is COc1ncc(-c2ccccc2S(N)(=O)=O)cc1C(F)(F)F. The number of sulfonamides is 1. The number of hydrogen-bond acceptors (Lipinski definition) is 4. The summed E-state index contributed by atoms with van der Waals surface area (Å²) in [6.45, 7) is 0. The molecule has 5 nitrogen and oxygen atoms in total. The summed E-state index contributed by atoms with van der Waals surface area (Å²) in [6.07, 6.45) is -3.59. The lowest BCUT2D eigenvalue weighted by Crippen LogP contribution is -2.14. The van der Waals surface area contributed by atoms with Gasteiger partial charge in [0, 0.05) is 17.3 Å². The van der Waals surface area contributed by atoms with Crippen molar-refractivity contribution in [3.05, 3.63) is 42.1 Å². The third-order valence-corrected chi connectivity index (χ3v) is 3.82. The van der Waals surface area contributed by atoms with Crippen LogP contribution in [0.5, 0.6) is 5.88 Å². The second kappa shape index (κ2) is 5.58. The van der Waals surface area contributed by atoms with Crippen LogP contribution in [-0.2, 0) is 16.2 Å². The zero-order chi connectivity index (χ0) is 16.5. The van der Waals surface area contributed by atoms with Gasteiger partial charge in [-0.2, -0.15) is 13.2 Å². The van der Waals surface area contributed by atoms with Gasteiger partial charge in [0.1, 0.15) is 5.56 Å². The summed E-state index contributed by atoms with van der Waals surface area (Å²) in [4.78, 5) is 3.30. The summed E-state index contributed by atoms with van der Waals surface area (Å²) in [5.74, 6) is -0.593. The number of hydrogen-bond donors (Lipinski definition) is 1. The fraction of sp³-hybridized carbons (Fsp3) is 0.154. The fourth-order valence-electron chi connectivity index (χ4n) is 1.92. The maximum absolute atomic E-state index is 13.0. The van der Waals surface area contributed by atoms with E-state index in [9.17, 15) is 21.6 Å². The number of nitrogens with zero attached hydrogens (tertiary/aromatic N) is 1. The molecule has 0 saturated carbocycles. The topological polar surface area (TPSA) is 82.3 Å². The molecule has 1 heterocycles. The first kappa shape index (κ1) is 16.2. The monoisotopic (exact) mass is 332 g/mol. The van der Waals surface area contributed by atoms with Crippen LogP contribution >= 0.6 is 0 Å². The minimum absolute atomic E-state index is 0.0299. The number of nitrogens with two attached hydrogens (primary N) is 1. The van der Waals surface area contributed by atoms with Crippen LogP contribution in [0.2, 0.25) is 0 Å². The molecule has 2 N–H and O–H groups in total. The summed E-state index contributed by atoms with van der Waals surface area (Å²) in [5.41, 5.74) is -1.10. The van der Waals surface area contributed by atoms with Gasteiger partial charge in [-0.05, 0) is 12.1 Å². The van der Waals surface area contributed by atoms with Gasteiger partial charge in [-0.25, -0.2) is 18.5 Å². The van der Waals surface area contributed by atoms with Gasteiger partial charge in [-0.15, -0.1) is 0 Å². The number of pyridine rings is 1. The maximum atomic E-state index is 13.0. The smallest absolute Gasteiger partial charge is 0.421 e. The molecule has 0 aliphatic carbocycles. The number of benzene rings is 1. The molecule has 1 aromatic heterocycles. The zero-order valence-corrected chi connectivity index (χ0v) is 12.1. The summed E-state index contributed by atoms with van der Waals surface area (Å²) < 4.78 is 66.7. The van der Waals surface area contributed by atoms with Crippen molar-refractivity contribution >= 4 is 10.0 Å². The Morgan fingerprint density at radius 2 is 1.86 bits per heavy atom. The number of aromatic nitrogens is 1. The Morgan fingerprint density at radius 3 is 2.41 bits per heavy atom. The number of rotatable bonds is 3. The first-order chi connectivity index (χ1) is 10.1. The molecule has 0 aliphatic rings. The lowest BCUT2D eigenvalue weighted by Gasteiger charge is -2.13. The summed E-state index contributed by atoms with van der Waals surface area (Å²) in [7, 11) is -3.02. The van der Waals surface area contributed by atoms with Crippen molar-refractivity contribution in [1.29, 1.82) is 0 Å². The molecule has 2 rings (SSSR count). The van der Waals surface area contributed by atoms with Gasteiger partial charge in [0.05, 0.1) is 12.0 Å². The van der Waals surface area contributed by atoms with Crippen LogP contribution in [-0.4, -0.2) is 20.5 Å². The van der Waals surface area contributed by atoms with Crippen molar-refractivity contribution in [3.63, 3.8) is 0 Å². The molecule has 0 radical (unpaired) electrons. The first-order valence-electron chi connectivity index (χ1n) is 5.88. The van der Waals surface area contributed by atoms with Gasteiger partial charge in [0.15, 0.2) is 0 Å². The highest BCUT2D eigenvalue weighted by molar-refractivity contribution is 7.89. The highest BCUT2D eigenvalue weighted by Gasteiger charge is 2.35. The second-order valence-corrected chi connectivity index (χ2v) is 5.85. The largest absolute Gasteiger partial charge is 0.481 e. The Balaban J connectivity index is 2.71. The molecule has 118 valence electrons. The van der Waals surface area contributed by atoms with Crippen molar-refractivity contribution in [2.75, 3.05) is 7.11 Å². The lowest BCUT2D eigenvalue weighted by atomic mass is 10.1. The van der Waals surface area contributed by atoms with E-state index in [1.54, 1.807) is 0 Å². The molecule has 22 heavy (non-hydrogen) atoms. The van der Waals surface area contributed by atoms with Crippen molar-refractivity contribution in [2.24, 2.45) is 5.14 Å². The number of methoxy groups -OCH3 is 1. The predicted octanol–water partition coefficient (Wildman–Crippen LogP) is 2.42. The van der Waals surface area contributed by atoms with E-state index < -0.39 is 27.6 Å². The molecule has 1 aromatic carbocycles. The molecule has 0 amide bonds. The van der Waals surface area contributed by atoms with Gasteiger partial charge >= 0.3 is 6.18 Å². The molecule has 0 unspecified atom stereocenters. The fourth-order valence-corrected chi connectivity index (χ4v) is 2.68. The Morgan fingerprint density at radius 1 is 1.23 bits per heavy atom. The van der Waals surface area contributed by atoms with Crippen molar-refractivity contribution in [2.45, 2.75) is 11.1 Å². The zero-order valence-electron chi connectivity index (χ0n) is 11.3. The van der Waals surface area contributed by atoms with Crippen LogP contribution in [0, 0.1) is 0 Å². The summed E-state index contributed by atoms with van der Waals surface area (Å²) >= 11 is 0. The standard InChI is InChI=1S/C13H11F3N2O3S/c1-21-12-10(13(14,15)16)6-8(7-18-12)9-4-2-3-5-11(9)22(17,19)20/h2-7H,1H3,(H2,17,19,20). The lowest BCUT2D eigenvalue weighted by molar-refractivity contribution is -0.139. The van der Waals surface area contributed by atoms with Gasteiger partial charge in [0.2, 0.25) is 15.9 Å². The van der Waals surface area contributed by atoms with Crippen LogP contribution in [0.15, 0.2) is 41.4 Å². The molecular weight excluding hydrogens is 321 g/mol. The van der Waals surface area contributed by atoms with Crippen LogP contribution in [0.1, 0.15) is 5.56 Å². The number of halogens is 3. The van der Waals surface area contributed by atoms with Gasteiger partial charge in [-0.1, -0.05) is 18.2 Å². The molecule has 0 bridgehead atoms. The van der Waals surface area contributed by atoms with E-state index in [0.29, 0.717) is 0 Å². The Kier molecular flexibility index (Phi) is 4.12. The number of alkyl halides is 3. The van der Waals surface area contributed by atoms with Gasteiger partial charge in [0.25, 0.3) is 0 Å². The predicted molar refractivity (Wildman–Crippen MR) is 72.6 cm³/mol. The van der Waals surface area contributed by atoms with E-state index in [1.807, 2.05) is 0 Å². The molecule has 0 saturated heterocycles. The molecule has 0 atom stereocenters. The maximum Gasteiger partial charge on any atom is 0.421 e. The second-order valence-electron chi connectivity index (χ2n) is 4.32. The van der Waals surface area contributed by atoms with E-state index in [2.05, 4.69) is 9.72 Å². The number of ether oxygens (including phenoxy) is 1. The molecule has 2 aromatic rings. The quantitative estimate of drug-likeness (QED) is 0.936. The Bertz CT molecular complexity index is 804. The van der Waals surface area contributed by atoms with Crippen molar-refractivity contribution in [3.8, 4) is 17.0 Å². The van der Waals surface area contributed by atoms with E-state index in [-0.39, 0.29) is 16.0 Å². The van der Waals surface area contributed by atoms with Crippen molar-refractivity contribution < 1.29 is 26.3 Å². The third kappa shape index (κ3) is 3.20. The number of primary sulfonamides is 1. The first-order valence-corrected chi connectivity index (χ1v) is 7.42. The van der Waals surface area contributed by atoms with E-state index in [0.717, 1.165) is 19.4 Å². The van der Waals surface area contributed by atoms with Crippen LogP contribution < -0.4 is 9.88 Å². The molecule has 9 heteroatoms. The molecule has 0 fully saturated rings. The Labute approximate surface area is 124 Å². The highest BCUT2D eigenvalue weighted by Crippen LogP contribution is 2.38. The van der Waals surface area contributed by atoms with Crippen LogP contribution in [0.4, 0.5) is 13.2 Å². The molecular formula is C13H11F3N2O3S. The van der Waals surface area contributed by atoms with Crippen molar-refractivity contribution in [1.82, 2.24) is 4.98 Å². The molecule has 0 spiro atoms. The average Bonchev–Trinajstić information content (AvgIpc) is 2.45. The van der Waals surface area contributed by atoms with E-state index in [1.165, 1.54) is 24.3 Å². The highest BCUT2D eigenvalue weighted by atomic mass is 32.2. The normalized spacial score (nSPS) is 12.2. The summed E-state index contributed by atoms with van der Waals surface area (Å²) in [5, 5.41) is 5.08. The van der Waals surface area contributed by atoms with E-state index >= 15 is 0 Å². The minimum atomic E-state index is -4.69. The average molecular weight is 332 g/mol.